The van der Waals surface area contributed by atoms with Crippen LogP contribution in [0.25, 0.3) is 0 Å². The van der Waals surface area contributed by atoms with Gasteiger partial charge in [-0.25, -0.2) is 4.79 Å². The van der Waals surface area contributed by atoms with E-state index in [1.165, 1.54) is 23.5 Å². The van der Waals surface area contributed by atoms with E-state index in [1.807, 2.05) is 0 Å². The Bertz CT molecular complexity index is 534. The summed E-state index contributed by atoms with van der Waals surface area (Å²) in [5.41, 5.74) is 9.08. The molecule has 1 aliphatic carbocycles. The maximum Gasteiger partial charge on any atom is 0.335 e. The van der Waals surface area contributed by atoms with Crippen LogP contribution in [0.5, 0.6) is 0 Å². The molecule has 1 atom stereocenters. The van der Waals surface area contributed by atoms with Crippen molar-refractivity contribution < 1.29 is 14.6 Å². The molecule has 0 saturated carbocycles. The molecule has 1 unspecified atom stereocenters. The summed E-state index contributed by atoms with van der Waals surface area (Å²) in [5, 5.41) is 8.36. The number of carboxylic acid groups (broad SMARTS) is 1. The van der Waals surface area contributed by atoms with E-state index in [0.29, 0.717) is 6.04 Å². The molecule has 1 aromatic carbocycles. The Kier molecular flexibility index (Phi) is 4.96. The molecular weight excluding hydrogens is 254 g/mol. The van der Waals surface area contributed by atoms with Crippen molar-refractivity contribution in [2.75, 3.05) is 6.61 Å². The van der Waals surface area contributed by atoms with Crippen LogP contribution in [-0.4, -0.2) is 23.7 Å². The fourth-order valence-corrected chi connectivity index (χ4v) is 2.26. The van der Waals surface area contributed by atoms with E-state index in [0.717, 1.165) is 19.3 Å². The first-order chi connectivity index (χ1) is 9.66. The molecule has 4 heteroatoms. The number of allylic oxidation sites excluding steroid dienone is 2. The number of hydrogen-bond donors (Lipinski definition) is 2. The largest absolute Gasteiger partial charge is 0.496 e. The third-order valence-corrected chi connectivity index (χ3v) is 3.37. The number of aryl methyl sites for hydroxylation is 1. The van der Waals surface area contributed by atoms with E-state index in [-0.39, 0.29) is 12.2 Å². The second-order valence-corrected chi connectivity index (χ2v) is 4.91. The van der Waals surface area contributed by atoms with Gasteiger partial charge >= 0.3 is 5.97 Å². The Balaban J connectivity index is 0.000000151. The lowest BCUT2D eigenvalue weighted by Gasteiger charge is -2.20. The minimum atomic E-state index is -0.917. The molecule has 1 heterocycles. The van der Waals surface area contributed by atoms with Crippen LogP contribution < -0.4 is 5.73 Å². The van der Waals surface area contributed by atoms with Crippen LogP contribution in [0.1, 0.15) is 17.5 Å². The third-order valence-electron chi connectivity index (χ3n) is 3.37. The van der Waals surface area contributed by atoms with Crippen molar-refractivity contribution in [1.82, 2.24) is 0 Å². The lowest BCUT2D eigenvalue weighted by molar-refractivity contribution is -0.133. The average molecular weight is 273 g/mol. The van der Waals surface area contributed by atoms with Gasteiger partial charge < -0.3 is 15.6 Å². The lowest BCUT2D eigenvalue weighted by atomic mass is 9.89. The highest BCUT2D eigenvalue weighted by Crippen LogP contribution is 2.19. The van der Waals surface area contributed by atoms with Gasteiger partial charge in [-0.2, -0.15) is 0 Å². The third kappa shape index (κ3) is 3.96. The van der Waals surface area contributed by atoms with E-state index < -0.39 is 5.97 Å². The molecular formula is C16H19NO3. The minimum Gasteiger partial charge on any atom is -0.496 e. The van der Waals surface area contributed by atoms with Crippen molar-refractivity contribution in [2.45, 2.75) is 25.3 Å². The summed E-state index contributed by atoms with van der Waals surface area (Å²) in [4.78, 5) is 10.2. The maximum atomic E-state index is 10.2. The van der Waals surface area contributed by atoms with Gasteiger partial charge in [0.25, 0.3) is 0 Å². The summed E-state index contributed by atoms with van der Waals surface area (Å²) < 4.78 is 4.71. The number of carbonyl (C=O) groups is 1. The quantitative estimate of drug-likeness (QED) is 0.821. The van der Waals surface area contributed by atoms with Gasteiger partial charge in [-0.05, 0) is 42.5 Å². The van der Waals surface area contributed by atoms with Gasteiger partial charge in [0.2, 0.25) is 0 Å². The Morgan fingerprint density at radius 1 is 1.30 bits per heavy atom. The molecule has 3 rings (SSSR count). The van der Waals surface area contributed by atoms with E-state index in [2.05, 4.69) is 24.3 Å². The number of aliphatic carboxylic acids is 1. The van der Waals surface area contributed by atoms with Crippen LogP contribution in [-0.2, 0) is 22.4 Å². The van der Waals surface area contributed by atoms with Crippen LogP contribution in [0.2, 0.25) is 0 Å². The van der Waals surface area contributed by atoms with Crippen molar-refractivity contribution in [3.8, 4) is 0 Å². The molecule has 20 heavy (non-hydrogen) atoms. The molecule has 4 nitrogen and oxygen atoms in total. The standard InChI is InChI=1S/C10H13N.C6H6O3/c11-10-6-5-8-3-1-2-4-9(8)7-10;7-6(8)5-2-1-3-9-4-5/h1-4,10H,5-7,11H2;1-3H,4H2,(H,7,8). The zero-order valence-electron chi connectivity index (χ0n) is 11.3. The maximum absolute atomic E-state index is 10.2. The Morgan fingerprint density at radius 3 is 2.65 bits per heavy atom. The highest BCUT2D eigenvalue weighted by atomic mass is 16.5. The smallest absolute Gasteiger partial charge is 0.335 e. The first-order valence-electron chi connectivity index (χ1n) is 6.70. The lowest BCUT2D eigenvalue weighted by Crippen LogP contribution is -2.27. The molecule has 1 aromatic rings. The van der Waals surface area contributed by atoms with Crippen molar-refractivity contribution in [2.24, 2.45) is 5.73 Å². The van der Waals surface area contributed by atoms with Gasteiger partial charge in [0, 0.05) is 6.04 Å². The number of ether oxygens (including phenoxy) is 1. The van der Waals surface area contributed by atoms with Crippen LogP contribution in [0.15, 0.2) is 48.3 Å². The highest BCUT2D eigenvalue weighted by Gasteiger charge is 2.13. The number of carboxylic acids is 1. The molecule has 0 fully saturated rings. The molecule has 2 aliphatic rings. The Hall–Kier alpha value is -2.07. The molecule has 0 spiro atoms. The zero-order chi connectivity index (χ0) is 14.4. The normalized spacial score (nSPS) is 19.9. The van der Waals surface area contributed by atoms with E-state index >= 15 is 0 Å². The van der Waals surface area contributed by atoms with E-state index in [1.54, 1.807) is 6.08 Å². The molecule has 106 valence electrons. The highest BCUT2D eigenvalue weighted by molar-refractivity contribution is 5.87. The van der Waals surface area contributed by atoms with Gasteiger partial charge in [0.05, 0.1) is 11.8 Å². The monoisotopic (exact) mass is 273 g/mol. The van der Waals surface area contributed by atoms with Gasteiger partial charge in [0.1, 0.15) is 6.61 Å². The van der Waals surface area contributed by atoms with Crippen LogP contribution in [0.4, 0.5) is 0 Å². The summed E-state index contributed by atoms with van der Waals surface area (Å²) in [5.74, 6) is -0.917. The summed E-state index contributed by atoms with van der Waals surface area (Å²) >= 11 is 0. The Morgan fingerprint density at radius 2 is 2.05 bits per heavy atom. The molecule has 0 amide bonds. The second kappa shape index (κ2) is 6.91. The van der Waals surface area contributed by atoms with Gasteiger partial charge in [-0.3, -0.25) is 0 Å². The molecule has 1 aliphatic heterocycles. The molecule has 0 radical (unpaired) electrons. The second-order valence-electron chi connectivity index (χ2n) is 4.91. The molecule has 0 bridgehead atoms. The predicted octanol–water partition coefficient (Wildman–Crippen LogP) is 2.04. The number of rotatable bonds is 1. The molecule has 0 saturated heterocycles. The summed E-state index contributed by atoms with van der Waals surface area (Å²) in [6.45, 7) is 0.172. The van der Waals surface area contributed by atoms with Crippen molar-refractivity contribution in [1.29, 1.82) is 0 Å². The van der Waals surface area contributed by atoms with Gasteiger partial charge in [-0.15, -0.1) is 0 Å². The summed E-state index contributed by atoms with van der Waals surface area (Å²) in [6.07, 6.45) is 7.93. The summed E-state index contributed by atoms with van der Waals surface area (Å²) in [6, 6.07) is 8.99. The number of hydrogen-bond acceptors (Lipinski definition) is 3. The van der Waals surface area contributed by atoms with Crippen molar-refractivity contribution in [3.05, 3.63) is 59.4 Å². The van der Waals surface area contributed by atoms with E-state index in [9.17, 15) is 4.79 Å². The average Bonchev–Trinajstić information content (AvgIpc) is 2.48. The zero-order valence-corrected chi connectivity index (χ0v) is 11.3. The molecule has 3 N–H and O–H groups in total. The van der Waals surface area contributed by atoms with Crippen molar-refractivity contribution in [3.63, 3.8) is 0 Å². The SMILES string of the molecule is NC1CCc2ccccc2C1.O=C(O)C1=CC=COC1. The molecule has 0 aromatic heterocycles. The fraction of sp³-hybridized carbons (Fsp3) is 0.312. The van der Waals surface area contributed by atoms with Crippen LogP contribution in [0.3, 0.4) is 0 Å². The van der Waals surface area contributed by atoms with Gasteiger partial charge in [0.15, 0.2) is 0 Å². The fourth-order valence-electron chi connectivity index (χ4n) is 2.26. The minimum absolute atomic E-state index is 0.172. The van der Waals surface area contributed by atoms with Gasteiger partial charge in [-0.1, -0.05) is 24.3 Å². The number of nitrogens with two attached hydrogens (primary N) is 1. The van der Waals surface area contributed by atoms with Crippen LogP contribution in [0, 0.1) is 0 Å². The van der Waals surface area contributed by atoms with E-state index in [4.69, 9.17) is 15.6 Å². The van der Waals surface area contributed by atoms with Crippen LogP contribution >= 0.6 is 0 Å². The van der Waals surface area contributed by atoms with Crippen molar-refractivity contribution >= 4 is 5.97 Å². The number of benzene rings is 1. The first kappa shape index (κ1) is 14.3. The first-order valence-corrected chi connectivity index (χ1v) is 6.70. The summed E-state index contributed by atoms with van der Waals surface area (Å²) in [7, 11) is 0. The number of fused-ring (bicyclic) bond motifs is 1. The topological polar surface area (TPSA) is 72.6 Å². The Labute approximate surface area is 118 Å². The predicted molar refractivity (Wildman–Crippen MR) is 77.3 cm³/mol.